The van der Waals surface area contributed by atoms with Crippen molar-refractivity contribution in [1.29, 1.82) is 0 Å². The highest BCUT2D eigenvalue weighted by atomic mass is 16.6. The molecule has 0 saturated carbocycles. The minimum Gasteiger partial charge on any atom is -0.508 e. The number of carbonyl (C=O) groups excluding carboxylic acids is 3. The topological polar surface area (TPSA) is 114 Å². The monoisotopic (exact) mass is 703 g/mol. The number of phenols is 1. The zero-order valence-electron chi connectivity index (χ0n) is 29.9. The summed E-state index contributed by atoms with van der Waals surface area (Å²) in [6.45, 7) is 5.92. The summed E-state index contributed by atoms with van der Waals surface area (Å²) < 4.78 is 5.79. The van der Waals surface area contributed by atoms with Gasteiger partial charge in [-0.25, -0.2) is 4.79 Å². The van der Waals surface area contributed by atoms with E-state index in [0.29, 0.717) is 18.7 Å². The quantitative estimate of drug-likeness (QED) is 0.157. The summed E-state index contributed by atoms with van der Waals surface area (Å²) in [5, 5.41) is 15.4. The first-order chi connectivity index (χ1) is 25.3. The lowest BCUT2D eigenvalue weighted by molar-refractivity contribution is -0.126. The molecule has 4 aromatic rings. The number of likely N-dealkylation sites (tertiary alicyclic amines) is 2. The first-order valence-electron chi connectivity index (χ1n) is 18.3. The fraction of sp³-hybridized carbons (Fsp3) is 0.357. The van der Waals surface area contributed by atoms with Crippen LogP contribution in [0.4, 0.5) is 10.5 Å². The number of nitrogens with zero attached hydrogens (tertiary/aromatic N) is 3. The standard InChI is InChI=1S/C42H49N5O5/c1-45(27-28-46-25-21-37(22-26-46)52-42(51)44-39-10-6-5-9-38(39)33-7-3-2-4-8-33)41(50)35-15-11-32(12-16-35)30-47-23-19-34(20-24-47)40(49)43-29-31-13-17-36(48)18-14-31/h2-18,34,37,48H,19-30H2,1H3,(H,43,49)(H,44,51). The van der Waals surface area contributed by atoms with Crippen LogP contribution >= 0.6 is 0 Å². The van der Waals surface area contributed by atoms with Crippen molar-refractivity contribution in [2.24, 2.45) is 5.92 Å². The molecule has 0 spiro atoms. The molecule has 0 bridgehead atoms. The van der Waals surface area contributed by atoms with Crippen molar-refractivity contribution < 1.29 is 24.2 Å². The average Bonchev–Trinajstić information content (AvgIpc) is 3.18. The third-order valence-corrected chi connectivity index (χ3v) is 10.1. The Morgan fingerprint density at radius 1 is 0.769 bits per heavy atom. The van der Waals surface area contributed by atoms with E-state index in [9.17, 15) is 19.5 Å². The third-order valence-electron chi connectivity index (χ3n) is 10.1. The lowest BCUT2D eigenvalue weighted by atomic mass is 9.95. The molecular weight excluding hydrogens is 654 g/mol. The fourth-order valence-corrected chi connectivity index (χ4v) is 6.93. The normalized spacial score (nSPS) is 15.9. The van der Waals surface area contributed by atoms with Crippen molar-refractivity contribution in [3.05, 3.63) is 120 Å². The maximum atomic E-state index is 13.2. The number of nitrogens with one attached hydrogen (secondary N) is 2. The second kappa shape index (κ2) is 17.8. The molecule has 3 N–H and O–H groups in total. The summed E-state index contributed by atoms with van der Waals surface area (Å²) in [4.78, 5) is 45.1. The van der Waals surface area contributed by atoms with Gasteiger partial charge in [-0.3, -0.25) is 19.8 Å². The van der Waals surface area contributed by atoms with Gasteiger partial charge in [0.05, 0.1) is 5.69 Å². The number of para-hydroxylation sites is 1. The molecule has 6 rings (SSSR count). The highest BCUT2D eigenvalue weighted by molar-refractivity contribution is 5.94. The summed E-state index contributed by atoms with van der Waals surface area (Å²) in [7, 11) is 1.84. The molecule has 0 radical (unpaired) electrons. The molecule has 52 heavy (non-hydrogen) atoms. The SMILES string of the molecule is CN(CCN1CCC(OC(=O)Nc2ccccc2-c2ccccc2)CC1)C(=O)c1ccc(CN2CCC(C(=O)NCc3ccc(O)cc3)CC2)cc1. The van der Waals surface area contributed by atoms with E-state index in [1.807, 2.05) is 98.0 Å². The van der Waals surface area contributed by atoms with Crippen LogP contribution in [0.3, 0.4) is 0 Å². The number of piperidine rings is 2. The van der Waals surface area contributed by atoms with Crippen molar-refractivity contribution in [1.82, 2.24) is 20.0 Å². The Morgan fingerprint density at radius 2 is 1.40 bits per heavy atom. The highest BCUT2D eigenvalue weighted by Crippen LogP contribution is 2.28. The molecule has 2 fully saturated rings. The van der Waals surface area contributed by atoms with E-state index >= 15 is 0 Å². The number of carbonyl (C=O) groups is 3. The molecular formula is C42H49N5O5. The molecule has 2 aliphatic rings. The zero-order valence-corrected chi connectivity index (χ0v) is 29.9. The maximum Gasteiger partial charge on any atom is 0.411 e. The van der Waals surface area contributed by atoms with Crippen LogP contribution in [0.5, 0.6) is 5.75 Å². The summed E-state index contributed by atoms with van der Waals surface area (Å²) in [5.74, 6) is 0.300. The highest BCUT2D eigenvalue weighted by Gasteiger charge is 2.26. The molecule has 2 aliphatic heterocycles. The molecule has 4 aromatic carbocycles. The Morgan fingerprint density at radius 3 is 2.12 bits per heavy atom. The number of hydrogen-bond donors (Lipinski definition) is 3. The van der Waals surface area contributed by atoms with Crippen molar-refractivity contribution in [2.45, 2.75) is 44.9 Å². The van der Waals surface area contributed by atoms with Crippen LogP contribution in [-0.4, -0.2) is 90.1 Å². The maximum absolute atomic E-state index is 13.2. The molecule has 3 amide bonds. The average molecular weight is 704 g/mol. The first-order valence-corrected chi connectivity index (χ1v) is 18.3. The van der Waals surface area contributed by atoms with Gasteiger partial charge in [-0.2, -0.15) is 0 Å². The number of benzene rings is 4. The van der Waals surface area contributed by atoms with E-state index in [4.69, 9.17) is 4.74 Å². The molecule has 0 atom stereocenters. The first kappa shape index (κ1) is 36.6. The molecule has 0 aromatic heterocycles. The van der Waals surface area contributed by atoms with Gasteiger partial charge in [0, 0.05) is 63.4 Å². The summed E-state index contributed by atoms with van der Waals surface area (Å²) >= 11 is 0. The Bertz CT molecular complexity index is 1770. The zero-order chi connectivity index (χ0) is 36.3. The van der Waals surface area contributed by atoms with Crippen LogP contribution in [0.25, 0.3) is 11.1 Å². The van der Waals surface area contributed by atoms with Gasteiger partial charge < -0.3 is 25.0 Å². The van der Waals surface area contributed by atoms with Gasteiger partial charge in [0.25, 0.3) is 5.91 Å². The number of rotatable bonds is 12. The van der Waals surface area contributed by atoms with Crippen molar-refractivity contribution in [3.63, 3.8) is 0 Å². The van der Waals surface area contributed by atoms with Crippen molar-refractivity contribution in [2.75, 3.05) is 51.6 Å². The minimum atomic E-state index is -0.439. The van der Waals surface area contributed by atoms with Crippen LogP contribution in [-0.2, 0) is 22.6 Å². The summed E-state index contributed by atoms with van der Waals surface area (Å²) in [5.41, 5.74) is 5.48. The number of hydrogen-bond acceptors (Lipinski definition) is 7. The molecule has 0 unspecified atom stereocenters. The summed E-state index contributed by atoms with van der Waals surface area (Å²) in [6, 6.07) is 32.4. The predicted octanol–water partition coefficient (Wildman–Crippen LogP) is 6.37. The Labute approximate surface area is 306 Å². The smallest absolute Gasteiger partial charge is 0.411 e. The lowest BCUT2D eigenvalue weighted by Gasteiger charge is -2.32. The van der Waals surface area contributed by atoms with Gasteiger partial charge in [0.15, 0.2) is 0 Å². The van der Waals surface area contributed by atoms with Crippen LogP contribution in [0.1, 0.15) is 47.2 Å². The number of ether oxygens (including phenoxy) is 1. The van der Waals surface area contributed by atoms with Gasteiger partial charge in [0.2, 0.25) is 5.91 Å². The van der Waals surface area contributed by atoms with Gasteiger partial charge in [-0.15, -0.1) is 0 Å². The number of aromatic hydroxyl groups is 1. The minimum absolute atomic E-state index is 0.00337. The van der Waals surface area contributed by atoms with Gasteiger partial charge in [0.1, 0.15) is 11.9 Å². The van der Waals surface area contributed by atoms with E-state index in [2.05, 4.69) is 20.4 Å². The van der Waals surface area contributed by atoms with Gasteiger partial charge in [-0.05, 0) is 85.8 Å². The molecule has 10 heteroatoms. The number of phenolic OH excluding ortho intramolecular Hbond substituents is 1. The van der Waals surface area contributed by atoms with E-state index in [-0.39, 0.29) is 29.6 Å². The number of likely N-dealkylation sites (N-methyl/N-ethyl adjacent to an activating group) is 1. The second-order valence-electron chi connectivity index (χ2n) is 13.8. The van der Waals surface area contributed by atoms with Gasteiger partial charge in [-0.1, -0.05) is 72.8 Å². The van der Waals surface area contributed by atoms with E-state index in [0.717, 1.165) is 92.9 Å². The summed E-state index contributed by atoms with van der Waals surface area (Å²) in [6.07, 6.45) is 2.54. The van der Waals surface area contributed by atoms with Crippen molar-refractivity contribution >= 4 is 23.6 Å². The van der Waals surface area contributed by atoms with Crippen LogP contribution in [0, 0.1) is 5.92 Å². The number of anilines is 1. The molecule has 272 valence electrons. The van der Waals surface area contributed by atoms with E-state index < -0.39 is 6.09 Å². The van der Waals surface area contributed by atoms with Crippen LogP contribution in [0.15, 0.2) is 103 Å². The van der Waals surface area contributed by atoms with Crippen LogP contribution in [0.2, 0.25) is 0 Å². The molecule has 2 saturated heterocycles. The Balaban J connectivity index is 0.869. The van der Waals surface area contributed by atoms with Gasteiger partial charge >= 0.3 is 6.09 Å². The number of amides is 3. The lowest BCUT2D eigenvalue weighted by Crippen LogP contribution is -2.42. The van der Waals surface area contributed by atoms with Crippen LogP contribution < -0.4 is 10.6 Å². The molecule has 0 aliphatic carbocycles. The Hall–Kier alpha value is -5.19. The second-order valence-corrected chi connectivity index (χ2v) is 13.8. The largest absolute Gasteiger partial charge is 0.508 e. The fourth-order valence-electron chi connectivity index (χ4n) is 6.93. The molecule has 10 nitrogen and oxygen atoms in total. The van der Waals surface area contributed by atoms with Crippen molar-refractivity contribution in [3.8, 4) is 16.9 Å². The Kier molecular flexibility index (Phi) is 12.6. The van der Waals surface area contributed by atoms with E-state index in [1.165, 1.54) is 0 Å². The molecule has 2 heterocycles. The predicted molar refractivity (Wildman–Crippen MR) is 203 cm³/mol. The third kappa shape index (κ3) is 10.2. The van der Waals surface area contributed by atoms with E-state index in [1.54, 1.807) is 17.0 Å².